The third kappa shape index (κ3) is 3.92. The lowest BCUT2D eigenvalue weighted by molar-refractivity contribution is 0.0691. The fraction of sp³-hybridized carbons (Fsp3) is 0.583. The molecule has 0 aromatic carbocycles. The Morgan fingerprint density at radius 2 is 2.00 bits per heavy atom. The number of carbonyl (C=O) groups excluding carboxylic acids is 1. The van der Waals surface area contributed by atoms with E-state index >= 15 is 0 Å². The summed E-state index contributed by atoms with van der Waals surface area (Å²) in [5.74, 6) is -1.04. The van der Waals surface area contributed by atoms with Crippen LogP contribution in [0.3, 0.4) is 0 Å². The zero-order chi connectivity index (χ0) is 13.7. The lowest BCUT2D eigenvalue weighted by atomic mass is 10.2. The molecule has 2 rings (SSSR count). The first-order valence-electron chi connectivity index (χ1n) is 6.37. The van der Waals surface area contributed by atoms with E-state index in [4.69, 9.17) is 5.11 Å². The molecular weight excluding hydrogens is 266 g/mol. The number of hydrogen-bond donors (Lipinski definition) is 2. The highest BCUT2D eigenvalue weighted by Crippen LogP contribution is 2.11. The van der Waals surface area contributed by atoms with E-state index in [0.29, 0.717) is 5.01 Å². The zero-order valence-corrected chi connectivity index (χ0v) is 11.4. The number of nitrogens with zero attached hydrogens (tertiary/aromatic N) is 2. The van der Waals surface area contributed by atoms with Crippen LogP contribution in [-0.2, 0) is 6.54 Å². The van der Waals surface area contributed by atoms with E-state index in [1.165, 1.54) is 29.6 Å². The number of amides is 2. The molecule has 0 spiro atoms. The molecule has 6 nitrogen and oxygen atoms in total. The third-order valence-electron chi connectivity index (χ3n) is 3.05. The molecule has 1 aliphatic heterocycles. The van der Waals surface area contributed by atoms with E-state index in [1.807, 2.05) is 4.90 Å². The van der Waals surface area contributed by atoms with Gasteiger partial charge in [-0.3, -0.25) is 0 Å². The standard InChI is InChI=1S/C12H17N3O3S/c16-11(17)9-8-19-10(14-9)7-13-12(18)15-5-3-1-2-4-6-15/h8H,1-7H2,(H,13,18)(H,16,17). The maximum absolute atomic E-state index is 11.9. The summed E-state index contributed by atoms with van der Waals surface area (Å²) in [6, 6.07) is -0.0889. The van der Waals surface area contributed by atoms with Gasteiger partial charge in [0, 0.05) is 18.5 Å². The Hall–Kier alpha value is -1.63. The maximum Gasteiger partial charge on any atom is 0.355 e. The lowest BCUT2D eigenvalue weighted by Crippen LogP contribution is -2.40. The second-order valence-corrected chi connectivity index (χ2v) is 5.43. The minimum atomic E-state index is -1.04. The fourth-order valence-corrected chi connectivity index (χ4v) is 2.73. The first-order chi connectivity index (χ1) is 9.16. The number of carbonyl (C=O) groups is 2. The van der Waals surface area contributed by atoms with Crippen molar-refractivity contribution in [2.24, 2.45) is 0 Å². The quantitative estimate of drug-likeness (QED) is 0.888. The molecule has 0 aliphatic carbocycles. The summed E-state index contributed by atoms with van der Waals surface area (Å²) in [5.41, 5.74) is 0.0315. The molecule has 0 atom stereocenters. The van der Waals surface area contributed by atoms with Gasteiger partial charge in [0.2, 0.25) is 0 Å². The zero-order valence-electron chi connectivity index (χ0n) is 10.6. The second kappa shape index (κ2) is 6.51. The van der Waals surface area contributed by atoms with Crippen LogP contribution in [0.2, 0.25) is 0 Å². The number of rotatable bonds is 3. The SMILES string of the molecule is O=C(O)c1csc(CNC(=O)N2CCCCCC2)n1. The highest BCUT2D eigenvalue weighted by molar-refractivity contribution is 7.09. The van der Waals surface area contributed by atoms with Crippen LogP contribution >= 0.6 is 11.3 Å². The molecule has 2 heterocycles. The van der Waals surface area contributed by atoms with Crippen molar-refractivity contribution in [3.05, 3.63) is 16.1 Å². The Balaban J connectivity index is 1.83. The van der Waals surface area contributed by atoms with E-state index in [1.54, 1.807) is 0 Å². The van der Waals surface area contributed by atoms with E-state index in [2.05, 4.69) is 10.3 Å². The maximum atomic E-state index is 11.9. The van der Waals surface area contributed by atoms with E-state index in [9.17, 15) is 9.59 Å². The molecule has 1 aromatic heterocycles. The number of carboxylic acid groups (broad SMARTS) is 1. The van der Waals surface area contributed by atoms with Crippen LogP contribution in [0.5, 0.6) is 0 Å². The molecule has 7 heteroatoms. The fourth-order valence-electron chi connectivity index (χ4n) is 2.03. The summed E-state index contributed by atoms with van der Waals surface area (Å²) in [4.78, 5) is 28.4. The number of aromatic carboxylic acids is 1. The Bertz CT molecular complexity index is 453. The topological polar surface area (TPSA) is 82.5 Å². The van der Waals surface area contributed by atoms with Crippen molar-refractivity contribution in [1.82, 2.24) is 15.2 Å². The Labute approximate surface area is 115 Å². The summed E-state index contributed by atoms with van der Waals surface area (Å²) in [5, 5.41) is 13.6. The predicted molar refractivity (Wildman–Crippen MR) is 71.4 cm³/mol. The van der Waals surface area contributed by atoms with Crippen LogP contribution in [0.25, 0.3) is 0 Å². The molecule has 1 aliphatic rings. The first-order valence-corrected chi connectivity index (χ1v) is 7.25. The van der Waals surface area contributed by atoms with Gasteiger partial charge in [-0.1, -0.05) is 12.8 Å². The van der Waals surface area contributed by atoms with Gasteiger partial charge < -0.3 is 15.3 Å². The number of nitrogens with one attached hydrogen (secondary N) is 1. The second-order valence-electron chi connectivity index (χ2n) is 4.49. The molecular formula is C12H17N3O3S. The summed E-state index contributed by atoms with van der Waals surface area (Å²) < 4.78 is 0. The predicted octanol–water partition coefficient (Wildman–Crippen LogP) is 1.93. The Morgan fingerprint density at radius 3 is 2.58 bits per heavy atom. The van der Waals surface area contributed by atoms with Crippen molar-refractivity contribution in [3.8, 4) is 0 Å². The minimum Gasteiger partial charge on any atom is -0.476 e. The Kier molecular flexibility index (Phi) is 4.73. The lowest BCUT2D eigenvalue weighted by Gasteiger charge is -2.20. The van der Waals surface area contributed by atoms with Crippen LogP contribution in [0.15, 0.2) is 5.38 Å². The molecule has 104 valence electrons. The summed E-state index contributed by atoms with van der Waals surface area (Å²) >= 11 is 1.25. The van der Waals surface area contributed by atoms with Gasteiger partial charge in [-0.15, -0.1) is 11.3 Å². The van der Waals surface area contributed by atoms with Crippen LogP contribution in [0.4, 0.5) is 4.79 Å². The summed E-state index contributed by atoms with van der Waals surface area (Å²) in [6.45, 7) is 1.88. The van der Waals surface area contributed by atoms with Crippen LogP contribution in [0.1, 0.15) is 41.2 Å². The summed E-state index contributed by atoms with van der Waals surface area (Å²) in [7, 11) is 0. The third-order valence-corrected chi connectivity index (χ3v) is 3.90. The van der Waals surface area contributed by atoms with E-state index < -0.39 is 5.97 Å². The van der Waals surface area contributed by atoms with Crippen molar-refractivity contribution < 1.29 is 14.7 Å². The molecule has 1 aromatic rings. The Morgan fingerprint density at radius 1 is 1.32 bits per heavy atom. The van der Waals surface area contributed by atoms with Gasteiger partial charge >= 0.3 is 12.0 Å². The van der Waals surface area contributed by atoms with Crippen LogP contribution in [0, 0.1) is 0 Å². The molecule has 0 unspecified atom stereocenters. The number of carboxylic acids is 1. The van der Waals surface area contributed by atoms with Gasteiger partial charge in [-0.05, 0) is 12.8 Å². The van der Waals surface area contributed by atoms with Gasteiger partial charge in [0.15, 0.2) is 5.69 Å². The molecule has 0 saturated carbocycles. The first kappa shape index (κ1) is 13.8. The van der Waals surface area contributed by atoms with Crippen molar-refractivity contribution in [2.75, 3.05) is 13.1 Å². The average Bonchev–Trinajstić information content (AvgIpc) is 2.70. The number of likely N-dealkylation sites (tertiary alicyclic amines) is 1. The van der Waals surface area contributed by atoms with Crippen molar-refractivity contribution >= 4 is 23.3 Å². The minimum absolute atomic E-state index is 0.0315. The van der Waals surface area contributed by atoms with Crippen molar-refractivity contribution in [3.63, 3.8) is 0 Å². The molecule has 1 fully saturated rings. The average molecular weight is 283 g/mol. The number of urea groups is 1. The molecule has 19 heavy (non-hydrogen) atoms. The van der Waals surface area contributed by atoms with Crippen molar-refractivity contribution in [2.45, 2.75) is 32.2 Å². The number of aromatic nitrogens is 1. The summed E-state index contributed by atoms with van der Waals surface area (Å²) in [6.07, 6.45) is 4.46. The largest absolute Gasteiger partial charge is 0.476 e. The van der Waals surface area contributed by atoms with Crippen LogP contribution in [-0.4, -0.2) is 40.1 Å². The highest BCUT2D eigenvalue weighted by atomic mass is 32.1. The van der Waals surface area contributed by atoms with Gasteiger partial charge in [0.05, 0.1) is 6.54 Å². The van der Waals surface area contributed by atoms with Gasteiger partial charge in [0.1, 0.15) is 5.01 Å². The number of hydrogen-bond acceptors (Lipinski definition) is 4. The smallest absolute Gasteiger partial charge is 0.355 e. The molecule has 2 N–H and O–H groups in total. The van der Waals surface area contributed by atoms with E-state index in [0.717, 1.165) is 25.9 Å². The van der Waals surface area contributed by atoms with Gasteiger partial charge in [-0.25, -0.2) is 14.6 Å². The van der Waals surface area contributed by atoms with Crippen molar-refractivity contribution in [1.29, 1.82) is 0 Å². The van der Waals surface area contributed by atoms with Crippen LogP contribution < -0.4 is 5.32 Å². The number of thiazole rings is 1. The van der Waals surface area contributed by atoms with E-state index in [-0.39, 0.29) is 18.3 Å². The molecule has 0 radical (unpaired) electrons. The molecule has 2 amide bonds. The molecule has 1 saturated heterocycles. The van der Waals surface area contributed by atoms with Gasteiger partial charge in [0.25, 0.3) is 0 Å². The molecule has 0 bridgehead atoms. The highest BCUT2D eigenvalue weighted by Gasteiger charge is 2.15. The van der Waals surface area contributed by atoms with Gasteiger partial charge in [-0.2, -0.15) is 0 Å². The normalized spacial score (nSPS) is 15.9. The monoisotopic (exact) mass is 283 g/mol.